The van der Waals surface area contributed by atoms with E-state index < -0.39 is 0 Å². The Balaban J connectivity index is 3.21. The third-order valence-corrected chi connectivity index (χ3v) is 0.568. The monoisotopic (exact) mass is 97.1 g/mol. The third-order valence-electron chi connectivity index (χ3n) is 0.568. The highest BCUT2D eigenvalue weighted by Gasteiger charge is 1.86. The van der Waals surface area contributed by atoms with Crippen LogP contribution < -0.4 is 5.32 Å². The highest BCUT2D eigenvalue weighted by atomic mass is 16.1. The second-order valence-electron chi connectivity index (χ2n) is 1.17. The van der Waals surface area contributed by atoms with E-state index in [9.17, 15) is 4.79 Å². The first-order chi connectivity index (χ1) is 3.31. The SMILES string of the molecule is C#CC(C)NC=O. The van der Waals surface area contributed by atoms with E-state index in [1.807, 2.05) is 0 Å². The molecule has 0 heterocycles. The Hall–Kier alpha value is -0.970. The van der Waals surface area contributed by atoms with E-state index in [0.717, 1.165) is 0 Å². The molecular weight excluding hydrogens is 90.1 g/mol. The third kappa shape index (κ3) is 2.84. The molecule has 0 bridgehead atoms. The average molecular weight is 97.1 g/mol. The van der Waals surface area contributed by atoms with Gasteiger partial charge in [-0.3, -0.25) is 4.79 Å². The lowest BCUT2D eigenvalue weighted by atomic mass is 10.4. The lowest BCUT2D eigenvalue weighted by Crippen LogP contribution is -2.21. The van der Waals surface area contributed by atoms with Gasteiger partial charge in [0.1, 0.15) is 0 Å². The molecule has 38 valence electrons. The van der Waals surface area contributed by atoms with Gasteiger partial charge < -0.3 is 5.32 Å². The zero-order chi connectivity index (χ0) is 5.70. The number of carbonyl (C=O) groups excluding carboxylic acids is 1. The second kappa shape index (κ2) is 3.23. The van der Waals surface area contributed by atoms with Gasteiger partial charge in [-0.15, -0.1) is 6.42 Å². The zero-order valence-corrected chi connectivity index (χ0v) is 4.14. The van der Waals surface area contributed by atoms with Gasteiger partial charge in [-0.05, 0) is 6.92 Å². The molecule has 0 spiro atoms. The summed E-state index contributed by atoms with van der Waals surface area (Å²) in [5.74, 6) is 2.32. The van der Waals surface area contributed by atoms with Crippen LogP contribution in [-0.4, -0.2) is 12.5 Å². The molecule has 1 atom stereocenters. The number of terminal acetylenes is 1. The molecule has 0 aromatic carbocycles. The normalized spacial score (nSPS) is 11.4. The van der Waals surface area contributed by atoms with Gasteiger partial charge in [0.2, 0.25) is 6.41 Å². The number of hydrogen-bond acceptors (Lipinski definition) is 1. The fraction of sp³-hybridized carbons (Fsp3) is 0.400. The molecule has 0 saturated carbocycles. The van der Waals surface area contributed by atoms with Crippen molar-refractivity contribution in [1.29, 1.82) is 0 Å². The lowest BCUT2D eigenvalue weighted by molar-refractivity contribution is -0.109. The molecule has 0 rings (SSSR count). The maximum atomic E-state index is 9.57. The van der Waals surface area contributed by atoms with Crippen molar-refractivity contribution in [1.82, 2.24) is 5.32 Å². The van der Waals surface area contributed by atoms with Crippen molar-refractivity contribution in [2.24, 2.45) is 0 Å². The van der Waals surface area contributed by atoms with Crippen LogP contribution >= 0.6 is 0 Å². The van der Waals surface area contributed by atoms with E-state index in [1.54, 1.807) is 6.92 Å². The van der Waals surface area contributed by atoms with Gasteiger partial charge in [-0.1, -0.05) is 5.92 Å². The smallest absolute Gasteiger partial charge is 0.208 e. The summed E-state index contributed by atoms with van der Waals surface area (Å²) in [5, 5.41) is 2.38. The molecule has 2 nitrogen and oxygen atoms in total. The van der Waals surface area contributed by atoms with Crippen LogP contribution in [0.1, 0.15) is 6.92 Å². The Kier molecular flexibility index (Phi) is 2.78. The molecule has 1 N–H and O–H groups in total. The Morgan fingerprint density at radius 2 is 2.57 bits per heavy atom. The minimum absolute atomic E-state index is 0.141. The number of carbonyl (C=O) groups is 1. The van der Waals surface area contributed by atoms with Crippen molar-refractivity contribution in [2.75, 3.05) is 0 Å². The van der Waals surface area contributed by atoms with Crippen LogP contribution in [0, 0.1) is 12.3 Å². The second-order valence-corrected chi connectivity index (χ2v) is 1.17. The Morgan fingerprint density at radius 1 is 2.00 bits per heavy atom. The van der Waals surface area contributed by atoms with Crippen LogP contribution in [0.15, 0.2) is 0 Å². The number of amides is 1. The van der Waals surface area contributed by atoms with E-state index in [2.05, 4.69) is 11.2 Å². The molecule has 0 aliphatic heterocycles. The van der Waals surface area contributed by atoms with E-state index in [1.165, 1.54) is 0 Å². The van der Waals surface area contributed by atoms with Crippen LogP contribution in [0.25, 0.3) is 0 Å². The summed E-state index contributed by atoms with van der Waals surface area (Å²) in [7, 11) is 0. The standard InChI is InChI=1S/C5H7NO/c1-3-5(2)6-4-7/h1,4-5H,2H3,(H,6,7). The fourth-order valence-corrected chi connectivity index (χ4v) is 0.150. The molecule has 0 aliphatic carbocycles. The Morgan fingerprint density at radius 3 is 2.71 bits per heavy atom. The molecule has 0 aliphatic rings. The van der Waals surface area contributed by atoms with Crippen molar-refractivity contribution in [3.8, 4) is 12.3 Å². The molecule has 1 unspecified atom stereocenters. The van der Waals surface area contributed by atoms with Gasteiger partial charge >= 0.3 is 0 Å². The topological polar surface area (TPSA) is 29.1 Å². The lowest BCUT2D eigenvalue weighted by Gasteiger charge is -1.95. The molecular formula is C5H7NO. The maximum Gasteiger partial charge on any atom is 0.208 e. The first-order valence-electron chi connectivity index (χ1n) is 1.97. The molecule has 0 aromatic heterocycles. The highest BCUT2D eigenvalue weighted by Crippen LogP contribution is 1.68. The first-order valence-corrected chi connectivity index (χ1v) is 1.97. The van der Waals surface area contributed by atoms with Gasteiger partial charge in [0, 0.05) is 0 Å². The summed E-state index contributed by atoms with van der Waals surface area (Å²) in [6, 6.07) is -0.141. The van der Waals surface area contributed by atoms with E-state index in [-0.39, 0.29) is 6.04 Å². The van der Waals surface area contributed by atoms with Gasteiger partial charge in [0.05, 0.1) is 6.04 Å². The van der Waals surface area contributed by atoms with Crippen molar-refractivity contribution < 1.29 is 4.79 Å². The minimum Gasteiger partial charge on any atom is -0.345 e. The Labute approximate surface area is 42.9 Å². The van der Waals surface area contributed by atoms with Crippen molar-refractivity contribution in [3.63, 3.8) is 0 Å². The summed E-state index contributed by atoms with van der Waals surface area (Å²) in [5.41, 5.74) is 0. The Bertz CT molecular complexity index is 92.7. The zero-order valence-electron chi connectivity index (χ0n) is 4.14. The largest absolute Gasteiger partial charge is 0.345 e. The van der Waals surface area contributed by atoms with Crippen molar-refractivity contribution >= 4 is 6.41 Å². The summed E-state index contributed by atoms with van der Waals surface area (Å²) in [6.45, 7) is 1.73. The predicted octanol–water partition coefficient (Wildman–Crippen LogP) is -0.246. The van der Waals surface area contributed by atoms with Crippen LogP contribution in [0.3, 0.4) is 0 Å². The van der Waals surface area contributed by atoms with Gasteiger partial charge in [0.15, 0.2) is 0 Å². The summed E-state index contributed by atoms with van der Waals surface area (Å²) >= 11 is 0. The first kappa shape index (κ1) is 6.03. The molecule has 0 aromatic rings. The van der Waals surface area contributed by atoms with E-state index in [0.29, 0.717) is 6.41 Å². The number of rotatable bonds is 2. The van der Waals surface area contributed by atoms with Crippen LogP contribution in [-0.2, 0) is 4.79 Å². The number of hydrogen-bond donors (Lipinski definition) is 1. The molecule has 0 fully saturated rings. The average Bonchev–Trinajstić information content (AvgIpc) is 1.68. The van der Waals surface area contributed by atoms with Crippen LogP contribution in [0.5, 0.6) is 0 Å². The summed E-state index contributed by atoms with van der Waals surface area (Å²) in [4.78, 5) is 9.57. The number of nitrogens with one attached hydrogen (secondary N) is 1. The van der Waals surface area contributed by atoms with Crippen molar-refractivity contribution in [3.05, 3.63) is 0 Å². The fourth-order valence-electron chi connectivity index (χ4n) is 0.150. The van der Waals surface area contributed by atoms with E-state index >= 15 is 0 Å². The highest BCUT2D eigenvalue weighted by molar-refractivity contribution is 5.47. The molecule has 0 saturated heterocycles. The van der Waals surface area contributed by atoms with Crippen LogP contribution in [0.2, 0.25) is 0 Å². The van der Waals surface area contributed by atoms with E-state index in [4.69, 9.17) is 6.42 Å². The molecule has 7 heavy (non-hydrogen) atoms. The maximum absolute atomic E-state index is 9.57. The summed E-state index contributed by atoms with van der Waals surface area (Å²) < 4.78 is 0. The molecule has 0 radical (unpaired) electrons. The minimum atomic E-state index is -0.141. The van der Waals surface area contributed by atoms with Gasteiger partial charge in [-0.25, -0.2) is 0 Å². The quantitative estimate of drug-likeness (QED) is 0.374. The van der Waals surface area contributed by atoms with Gasteiger partial charge in [-0.2, -0.15) is 0 Å². The van der Waals surface area contributed by atoms with Crippen LogP contribution in [0.4, 0.5) is 0 Å². The van der Waals surface area contributed by atoms with Crippen molar-refractivity contribution in [2.45, 2.75) is 13.0 Å². The molecule has 1 amide bonds. The summed E-state index contributed by atoms with van der Waals surface area (Å²) in [6.07, 6.45) is 5.47. The predicted molar refractivity (Wildman–Crippen MR) is 27.5 cm³/mol. The molecule has 2 heteroatoms. The van der Waals surface area contributed by atoms with Gasteiger partial charge in [0.25, 0.3) is 0 Å².